The highest BCUT2D eigenvalue weighted by atomic mass is 32.1. The average Bonchev–Trinajstić information content (AvgIpc) is 2.80. The average molecular weight is 255 g/mol. The third-order valence-electron chi connectivity index (χ3n) is 2.16. The van der Waals surface area contributed by atoms with Gasteiger partial charge in [-0.05, 0) is 46.7 Å². The fourth-order valence-corrected chi connectivity index (χ4v) is 2.02. The highest BCUT2D eigenvalue weighted by Crippen LogP contribution is 2.18. The molecule has 1 aromatic heterocycles. The molecule has 1 aromatic carbocycles. The number of rotatable bonds is 5. The summed E-state index contributed by atoms with van der Waals surface area (Å²) in [5.41, 5.74) is 2.07. The van der Waals surface area contributed by atoms with Crippen LogP contribution in [0.4, 0.5) is 14.5 Å². The molecule has 1 heterocycles. The summed E-state index contributed by atoms with van der Waals surface area (Å²) in [6.07, 6.45) is 0. The lowest BCUT2D eigenvalue weighted by atomic mass is 10.3. The predicted octanol–water partition coefficient (Wildman–Crippen LogP) is 3.96. The van der Waals surface area contributed by atoms with Crippen molar-refractivity contribution in [2.24, 2.45) is 0 Å². The standard InChI is InChI=1S/C12H11F2NOS/c13-12(14)16-11-3-1-10(2-4-11)15-7-9-5-6-17-8-9/h1-6,8,12,15H,7H2. The minimum atomic E-state index is -2.78. The van der Waals surface area contributed by atoms with Crippen LogP contribution >= 0.6 is 11.3 Å². The van der Waals surface area contributed by atoms with E-state index in [1.54, 1.807) is 23.5 Å². The topological polar surface area (TPSA) is 21.3 Å². The van der Waals surface area contributed by atoms with Crippen molar-refractivity contribution in [2.75, 3.05) is 5.32 Å². The number of halogens is 2. The lowest BCUT2D eigenvalue weighted by molar-refractivity contribution is -0.0498. The summed E-state index contributed by atoms with van der Waals surface area (Å²) >= 11 is 1.64. The summed E-state index contributed by atoms with van der Waals surface area (Å²) in [5, 5.41) is 7.26. The van der Waals surface area contributed by atoms with E-state index in [-0.39, 0.29) is 5.75 Å². The largest absolute Gasteiger partial charge is 0.435 e. The Balaban J connectivity index is 1.89. The van der Waals surface area contributed by atoms with Gasteiger partial charge in [0.1, 0.15) is 5.75 Å². The molecule has 2 aromatic rings. The number of hydrogen-bond acceptors (Lipinski definition) is 3. The van der Waals surface area contributed by atoms with Crippen LogP contribution in [-0.4, -0.2) is 6.61 Å². The Morgan fingerprint density at radius 2 is 1.94 bits per heavy atom. The van der Waals surface area contributed by atoms with Crippen LogP contribution in [0.25, 0.3) is 0 Å². The molecule has 0 unspecified atom stereocenters. The zero-order chi connectivity index (χ0) is 12.1. The van der Waals surface area contributed by atoms with Crippen molar-refractivity contribution in [1.82, 2.24) is 0 Å². The molecule has 90 valence electrons. The first-order chi connectivity index (χ1) is 8.24. The van der Waals surface area contributed by atoms with Crippen molar-refractivity contribution in [3.8, 4) is 5.75 Å². The molecule has 0 atom stereocenters. The number of nitrogens with one attached hydrogen (secondary N) is 1. The molecule has 0 aliphatic heterocycles. The van der Waals surface area contributed by atoms with E-state index in [0.29, 0.717) is 0 Å². The molecular weight excluding hydrogens is 244 g/mol. The molecule has 0 saturated heterocycles. The van der Waals surface area contributed by atoms with E-state index in [9.17, 15) is 8.78 Å². The first-order valence-electron chi connectivity index (χ1n) is 5.04. The second kappa shape index (κ2) is 5.63. The van der Waals surface area contributed by atoms with Crippen molar-refractivity contribution in [2.45, 2.75) is 13.2 Å². The Morgan fingerprint density at radius 1 is 1.18 bits per heavy atom. The summed E-state index contributed by atoms with van der Waals surface area (Å²) in [6.45, 7) is -2.06. The minimum absolute atomic E-state index is 0.168. The second-order valence-electron chi connectivity index (χ2n) is 3.39. The molecule has 0 aliphatic rings. The van der Waals surface area contributed by atoms with Gasteiger partial charge in [-0.25, -0.2) is 0 Å². The van der Waals surface area contributed by atoms with Gasteiger partial charge < -0.3 is 10.1 Å². The molecule has 0 aliphatic carbocycles. The summed E-state index contributed by atoms with van der Waals surface area (Å²) in [4.78, 5) is 0. The van der Waals surface area contributed by atoms with Gasteiger partial charge in [0.25, 0.3) is 0 Å². The molecule has 0 saturated carbocycles. The number of ether oxygens (including phenoxy) is 1. The molecule has 0 spiro atoms. The van der Waals surface area contributed by atoms with Crippen molar-refractivity contribution in [3.63, 3.8) is 0 Å². The molecular formula is C12H11F2NOS. The van der Waals surface area contributed by atoms with E-state index in [1.165, 1.54) is 17.7 Å². The molecule has 0 amide bonds. The molecule has 5 heteroatoms. The van der Waals surface area contributed by atoms with Crippen molar-refractivity contribution >= 4 is 17.0 Å². The summed E-state index contributed by atoms with van der Waals surface area (Å²) in [6, 6.07) is 8.49. The third-order valence-corrected chi connectivity index (χ3v) is 2.89. The van der Waals surface area contributed by atoms with Gasteiger partial charge in [0.15, 0.2) is 0 Å². The molecule has 0 bridgehead atoms. The van der Waals surface area contributed by atoms with E-state index in [1.807, 2.05) is 11.4 Å². The van der Waals surface area contributed by atoms with E-state index < -0.39 is 6.61 Å². The van der Waals surface area contributed by atoms with Gasteiger partial charge >= 0.3 is 6.61 Å². The monoisotopic (exact) mass is 255 g/mol. The molecule has 0 fully saturated rings. The van der Waals surface area contributed by atoms with Crippen molar-refractivity contribution in [1.29, 1.82) is 0 Å². The molecule has 0 radical (unpaired) electrons. The van der Waals surface area contributed by atoms with Crippen molar-refractivity contribution < 1.29 is 13.5 Å². The Labute approximate surface area is 102 Å². The van der Waals surface area contributed by atoms with Crippen LogP contribution < -0.4 is 10.1 Å². The fourth-order valence-electron chi connectivity index (χ4n) is 1.35. The summed E-state index contributed by atoms with van der Waals surface area (Å²) in [5.74, 6) is 0.168. The van der Waals surface area contributed by atoms with Crippen LogP contribution in [-0.2, 0) is 6.54 Å². The third kappa shape index (κ3) is 3.71. The zero-order valence-corrected chi connectivity index (χ0v) is 9.71. The second-order valence-corrected chi connectivity index (χ2v) is 4.17. The number of alkyl halides is 2. The van der Waals surface area contributed by atoms with Crippen molar-refractivity contribution in [3.05, 3.63) is 46.7 Å². The normalized spacial score (nSPS) is 10.5. The fraction of sp³-hybridized carbons (Fsp3) is 0.167. The number of thiophene rings is 1. The van der Waals surface area contributed by atoms with Crippen LogP contribution in [0.1, 0.15) is 5.56 Å². The Kier molecular flexibility index (Phi) is 3.93. The molecule has 2 rings (SSSR count). The Bertz CT molecular complexity index is 442. The SMILES string of the molecule is FC(F)Oc1ccc(NCc2ccsc2)cc1. The first-order valence-corrected chi connectivity index (χ1v) is 5.98. The lowest BCUT2D eigenvalue weighted by Gasteiger charge is -2.07. The number of benzene rings is 1. The summed E-state index contributed by atoms with van der Waals surface area (Å²) in [7, 11) is 0. The van der Waals surface area contributed by atoms with Gasteiger partial charge in [-0.2, -0.15) is 20.1 Å². The smallest absolute Gasteiger partial charge is 0.387 e. The molecule has 17 heavy (non-hydrogen) atoms. The number of hydrogen-bond donors (Lipinski definition) is 1. The zero-order valence-electron chi connectivity index (χ0n) is 8.90. The van der Waals surface area contributed by atoms with Gasteiger partial charge in [0.2, 0.25) is 0 Å². The van der Waals surface area contributed by atoms with Crippen LogP contribution in [0, 0.1) is 0 Å². The van der Waals surface area contributed by atoms with Crippen LogP contribution in [0.3, 0.4) is 0 Å². The highest BCUT2D eigenvalue weighted by Gasteiger charge is 2.03. The van der Waals surface area contributed by atoms with E-state index in [4.69, 9.17) is 0 Å². The van der Waals surface area contributed by atoms with E-state index in [2.05, 4.69) is 15.4 Å². The van der Waals surface area contributed by atoms with Gasteiger partial charge in [0.05, 0.1) is 0 Å². The number of anilines is 1. The van der Waals surface area contributed by atoms with Crippen LogP contribution in [0.5, 0.6) is 5.75 Å². The maximum absolute atomic E-state index is 11.9. The van der Waals surface area contributed by atoms with Crippen LogP contribution in [0.2, 0.25) is 0 Å². The van der Waals surface area contributed by atoms with Gasteiger partial charge in [0, 0.05) is 12.2 Å². The van der Waals surface area contributed by atoms with E-state index in [0.717, 1.165) is 12.2 Å². The predicted molar refractivity (Wildman–Crippen MR) is 64.7 cm³/mol. The Morgan fingerprint density at radius 3 is 2.53 bits per heavy atom. The maximum atomic E-state index is 11.9. The quantitative estimate of drug-likeness (QED) is 0.873. The summed E-state index contributed by atoms with van der Waals surface area (Å²) < 4.78 is 28.1. The van der Waals surface area contributed by atoms with Gasteiger partial charge in [-0.3, -0.25) is 0 Å². The van der Waals surface area contributed by atoms with Gasteiger partial charge in [-0.1, -0.05) is 0 Å². The Hall–Kier alpha value is -1.62. The molecule has 1 N–H and O–H groups in total. The maximum Gasteiger partial charge on any atom is 0.387 e. The minimum Gasteiger partial charge on any atom is -0.435 e. The highest BCUT2D eigenvalue weighted by molar-refractivity contribution is 7.07. The van der Waals surface area contributed by atoms with Gasteiger partial charge in [-0.15, -0.1) is 0 Å². The first kappa shape index (κ1) is 11.9. The van der Waals surface area contributed by atoms with E-state index >= 15 is 0 Å². The molecule has 2 nitrogen and oxygen atoms in total. The van der Waals surface area contributed by atoms with Crippen LogP contribution in [0.15, 0.2) is 41.1 Å². The lowest BCUT2D eigenvalue weighted by Crippen LogP contribution is -2.02.